The number of hydrogen-bond acceptors (Lipinski definition) is 5. The number of aromatic nitrogens is 6. The minimum Gasteiger partial charge on any atom is -0.495 e. The fourth-order valence-corrected chi connectivity index (χ4v) is 2.74. The Hall–Kier alpha value is -3.48. The Labute approximate surface area is 143 Å². The molecule has 0 spiro atoms. The molecule has 3 heterocycles. The summed E-state index contributed by atoms with van der Waals surface area (Å²) < 4.78 is 5.68. The number of ether oxygens (including phenoxy) is 1. The zero-order chi connectivity index (χ0) is 17.2. The second-order valence-corrected chi connectivity index (χ2v) is 5.53. The topological polar surface area (TPSA) is 92.4 Å². The van der Waals surface area contributed by atoms with Crippen molar-refractivity contribution in [2.75, 3.05) is 7.11 Å². The highest BCUT2D eigenvalue weighted by molar-refractivity contribution is 5.98. The number of rotatable bonds is 4. The Morgan fingerprint density at radius 2 is 2.00 bits per heavy atom. The van der Waals surface area contributed by atoms with Gasteiger partial charge < -0.3 is 4.74 Å². The first kappa shape index (κ1) is 15.1. The molecule has 0 fully saturated rings. The summed E-state index contributed by atoms with van der Waals surface area (Å²) in [6, 6.07) is 7.78. The molecule has 0 atom stereocenters. The van der Waals surface area contributed by atoms with Crippen molar-refractivity contribution in [1.29, 1.82) is 0 Å². The second kappa shape index (κ2) is 6.20. The number of pyridine rings is 1. The fraction of sp³-hybridized carbons (Fsp3) is 0.111. The summed E-state index contributed by atoms with van der Waals surface area (Å²) in [5, 5.41) is 15.4. The Kier molecular flexibility index (Phi) is 3.74. The van der Waals surface area contributed by atoms with Crippen molar-refractivity contribution >= 4 is 23.1 Å². The highest BCUT2D eigenvalue weighted by atomic mass is 16.5. The van der Waals surface area contributed by atoms with Gasteiger partial charge in [0.15, 0.2) is 5.82 Å². The van der Waals surface area contributed by atoms with Crippen molar-refractivity contribution in [3.05, 3.63) is 53.7 Å². The average Bonchev–Trinajstić information content (AvgIpc) is 3.26. The summed E-state index contributed by atoms with van der Waals surface area (Å²) >= 11 is 0. The molecule has 4 rings (SSSR count). The number of H-pyrrole nitrogens is 2. The van der Waals surface area contributed by atoms with Crippen LogP contribution < -0.4 is 4.74 Å². The van der Waals surface area contributed by atoms with Gasteiger partial charge in [-0.2, -0.15) is 10.2 Å². The third-order valence-corrected chi connectivity index (χ3v) is 3.89. The van der Waals surface area contributed by atoms with E-state index < -0.39 is 0 Å². The first-order valence-electron chi connectivity index (χ1n) is 7.79. The first-order chi connectivity index (χ1) is 12.3. The van der Waals surface area contributed by atoms with Crippen LogP contribution >= 0.6 is 0 Å². The highest BCUT2D eigenvalue weighted by Crippen LogP contribution is 2.36. The van der Waals surface area contributed by atoms with Crippen LogP contribution in [0, 0.1) is 6.92 Å². The predicted octanol–water partition coefficient (Wildman–Crippen LogP) is 3.23. The summed E-state index contributed by atoms with van der Waals surface area (Å²) in [6.45, 7) is 1.84. The third kappa shape index (κ3) is 2.76. The van der Waals surface area contributed by atoms with E-state index >= 15 is 0 Å². The molecule has 0 aliphatic carbocycles. The van der Waals surface area contributed by atoms with E-state index in [0.29, 0.717) is 17.4 Å². The van der Waals surface area contributed by atoms with Crippen LogP contribution in [0.5, 0.6) is 5.75 Å². The molecule has 0 radical (unpaired) electrons. The van der Waals surface area contributed by atoms with E-state index in [9.17, 15) is 0 Å². The van der Waals surface area contributed by atoms with Crippen LogP contribution in [-0.2, 0) is 0 Å². The van der Waals surface area contributed by atoms with E-state index in [1.807, 2.05) is 43.3 Å². The smallest absolute Gasteiger partial charge is 0.159 e. The van der Waals surface area contributed by atoms with Gasteiger partial charge in [0.1, 0.15) is 11.6 Å². The molecule has 1 aromatic carbocycles. The maximum Gasteiger partial charge on any atom is 0.159 e. The van der Waals surface area contributed by atoms with E-state index in [1.54, 1.807) is 19.5 Å². The molecule has 0 aliphatic rings. The molecular formula is C18H16N6O. The van der Waals surface area contributed by atoms with Gasteiger partial charge >= 0.3 is 0 Å². The zero-order valence-electron chi connectivity index (χ0n) is 13.8. The minimum atomic E-state index is 0.666. The summed E-state index contributed by atoms with van der Waals surface area (Å²) in [7, 11) is 1.64. The summed E-state index contributed by atoms with van der Waals surface area (Å²) in [5.41, 5.74) is 3.52. The Balaban J connectivity index is 1.85. The summed E-state index contributed by atoms with van der Waals surface area (Å²) in [5.74, 6) is 2.05. The molecule has 0 unspecified atom stereocenters. The van der Waals surface area contributed by atoms with Crippen LogP contribution in [0.25, 0.3) is 34.4 Å². The second-order valence-electron chi connectivity index (χ2n) is 5.53. The van der Waals surface area contributed by atoms with Gasteiger partial charge in [0.05, 0.1) is 29.3 Å². The lowest BCUT2D eigenvalue weighted by Gasteiger charge is -2.07. The molecule has 7 nitrogen and oxygen atoms in total. The van der Waals surface area contributed by atoms with Gasteiger partial charge in [0, 0.05) is 12.4 Å². The van der Waals surface area contributed by atoms with Gasteiger partial charge in [-0.1, -0.05) is 12.1 Å². The average molecular weight is 332 g/mol. The number of benzene rings is 1. The van der Waals surface area contributed by atoms with Gasteiger partial charge in [-0.25, -0.2) is 4.98 Å². The van der Waals surface area contributed by atoms with Crippen LogP contribution in [0.2, 0.25) is 0 Å². The Bertz CT molecular complexity index is 1050. The number of methoxy groups -OCH3 is 1. The maximum atomic E-state index is 5.68. The summed E-state index contributed by atoms with van der Waals surface area (Å²) in [6.07, 6.45) is 7.45. The quantitative estimate of drug-likeness (QED) is 0.598. The molecule has 0 bridgehead atoms. The van der Waals surface area contributed by atoms with Crippen LogP contribution in [0.3, 0.4) is 0 Å². The number of aromatic amines is 2. The monoisotopic (exact) mass is 332 g/mol. The molecule has 0 aliphatic heterocycles. The standard InChI is InChI=1S/C18H16N6O/c1-11-20-18(24-21-11)13-6-8-15-16(17(13)25-2)14(22-23-15)7-5-12-4-3-9-19-10-12/h3-10H,1-2H3,(H,22,23)(H,20,21,24)/b7-5+. The molecule has 7 heteroatoms. The van der Waals surface area contributed by atoms with Crippen molar-refractivity contribution in [1.82, 2.24) is 30.4 Å². The molecular weight excluding hydrogens is 316 g/mol. The number of fused-ring (bicyclic) bond motifs is 1. The van der Waals surface area contributed by atoms with Gasteiger partial charge in [-0.05, 0) is 36.8 Å². The molecule has 4 aromatic rings. The fourth-order valence-electron chi connectivity index (χ4n) is 2.74. The third-order valence-electron chi connectivity index (χ3n) is 3.89. The number of hydrogen-bond donors (Lipinski definition) is 2. The van der Waals surface area contributed by atoms with E-state index in [4.69, 9.17) is 4.74 Å². The molecule has 3 aromatic heterocycles. The van der Waals surface area contributed by atoms with Crippen molar-refractivity contribution in [3.8, 4) is 17.1 Å². The molecule has 25 heavy (non-hydrogen) atoms. The van der Waals surface area contributed by atoms with Crippen molar-refractivity contribution in [3.63, 3.8) is 0 Å². The van der Waals surface area contributed by atoms with Crippen LogP contribution in [0.15, 0.2) is 36.7 Å². The van der Waals surface area contributed by atoms with Crippen molar-refractivity contribution in [2.24, 2.45) is 0 Å². The molecule has 0 saturated carbocycles. The van der Waals surface area contributed by atoms with Gasteiger partial charge in [-0.15, -0.1) is 0 Å². The van der Waals surface area contributed by atoms with E-state index in [2.05, 4.69) is 30.4 Å². The zero-order valence-corrected chi connectivity index (χ0v) is 13.8. The maximum absolute atomic E-state index is 5.68. The number of nitrogens with zero attached hydrogens (tertiary/aromatic N) is 4. The predicted molar refractivity (Wildman–Crippen MR) is 95.9 cm³/mol. The number of aryl methyl sites for hydroxylation is 1. The lowest BCUT2D eigenvalue weighted by molar-refractivity contribution is 0.421. The van der Waals surface area contributed by atoms with E-state index in [1.165, 1.54) is 0 Å². The minimum absolute atomic E-state index is 0.666. The Morgan fingerprint density at radius 1 is 1.08 bits per heavy atom. The highest BCUT2D eigenvalue weighted by Gasteiger charge is 2.17. The van der Waals surface area contributed by atoms with Crippen molar-refractivity contribution in [2.45, 2.75) is 6.92 Å². The Morgan fingerprint density at radius 3 is 2.72 bits per heavy atom. The van der Waals surface area contributed by atoms with E-state index in [-0.39, 0.29) is 0 Å². The van der Waals surface area contributed by atoms with Gasteiger partial charge in [0.25, 0.3) is 0 Å². The normalized spacial score (nSPS) is 11.4. The lowest BCUT2D eigenvalue weighted by atomic mass is 10.1. The van der Waals surface area contributed by atoms with Crippen molar-refractivity contribution < 1.29 is 4.74 Å². The van der Waals surface area contributed by atoms with Gasteiger partial charge in [0.2, 0.25) is 0 Å². The van der Waals surface area contributed by atoms with E-state index in [0.717, 1.165) is 27.7 Å². The molecule has 2 N–H and O–H groups in total. The number of nitrogens with one attached hydrogen (secondary N) is 2. The molecule has 0 saturated heterocycles. The van der Waals surface area contributed by atoms with Crippen LogP contribution in [0.1, 0.15) is 17.1 Å². The van der Waals surface area contributed by atoms with Gasteiger partial charge in [-0.3, -0.25) is 15.2 Å². The summed E-state index contributed by atoms with van der Waals surface area (Å²) in [4.78, 5) is 8.51. The first-order valence-corrected chi connectivity index (χ1v) is 7.79. The molecule has 0 amide bonds. The largest absolute Gasteiger partial charge is 0.495 e. The SMILES string of the molecule is COc1c(-c2nc(C)n[nH]2)ccc2[nH]nc(/C=C/c3cccnc3)c12. The lowest BCUT2D eigenvalue weighted by Crippen LogP contribution is -1.91. The van der Waals surface area contributed by atoms with Crippen LogP contribution in [-0.4, -0.2) is 37.5 Å². The molecule has 124 valence electrons. The van der Waals surface area contributed by atoms with Crippen LogP contribution in [0.4, 0.5) is 0 Å².